The number of hydrogen-bond donors (Lipinski definition) is 2. The number of ether oxygens (including phenoxy) is 4. The average molecular weight is 990 g/mol. The van der Waals surface area contributed by atoms with Gasteiger partial charge >= 0.3 is 6.18 Å². The van der Waals surface area contributed by atoms with E-state index in [1.165, 1.54) is 53.6 Å². The molecule has 0 radical (unpaired) electrons. The number of aromatic nitrogens is 1. The van der Waals surface area contributed by atoms with Gasteiger partial charge in [0.2, 0.25) is 0 Å². The number of amides is 3. The highest BCUT2D eigenvalue weighted by Crippen LogP contribution is 2.33. The van der Waals surface area contributed by atoms with E-state index in [1.807, 2.05) is 44.2 Å². The van der Waals surface area contributed by atoms with Crippen LogP contribution in [0.15, 0.2) is 114 Å². The fraction of sp³-hybridized carbons (Fsp3) is 0.385. The van der Waals surface area contributed by atoms with Gasteiger partial charge in [-0.05, 0) is 123 Å². The van der Waals surface area contributed by atoms with Crippen LogP contribution in [0, 0.1) is 0 Å². The third-order valence-electron chi connectivity index (χ3n) is 11.0. The van der Waals surface area contributed by atoms with Crippen molar-refractivity contribution in [2.24, 2.45) is 0 Å². The van der Waals surface area contributed by atoms with E-state index >= 15 is 0 Å². The number of carbonyl (C=O) groups is 3. The lowest BCUT2D eigenvalue weighted by Crippen LogP contribution is -2.23. The molecule has 18 heteroatoms. The molecule has 2 N–H and O–H groups in total. The number of pyridine rings is 1. The van der Waals surface area contributed by atoms with Crippen LogP contribution >= 0.6 is 0 Å². The van der Waals surface area contributed by atoms with E-state index in [4.69, 9.17) is 18.9 Å². The van der Waals surface area contributed by atoms with E-state index in [2.05, 4.69) is 20.5 Å². The van der Waals surface area contributed by atoms with Gasteiger partial charge in [0.1, 0.15) is 0 Å². The Morgan fingerprint density at radius 3 is 1.91 bits per heavy atom. The number of aryl methyl sites for hydroxylation is 1. The Kier molecular flexibility index (Phi) is 21.3. The predicted octanol–water partition coefficient (Wildman–Crippen LogP) is 8.36. The molecule has 0 spiro atoms. The van der Waals surface area contributed by atoms with Crippen molar-refractivity contribution in [2.45, 2.75) is 50.7 Å². The number of anilines is 2. The van der Waals surface area contributed by atoms with Gasteiger partial charge in [0.25, 0.3) is 17.7 Å². The molecule has 3 amide bonds. The summed E-state index contributed by atoms with van der Waals surface area (Å²) in [5.41, 5.74) is 3.98. The summed E-state index contributed by atoms with van der Waals surface area (Å²) in [5.74, 6) is -1.09. The normalized spacial score (nSPS) is 11.6. The predicted molar refractivity (Wildman–Crippen MR) is 263 cm³/mol. The molecule has 5 aromatic rings. The quantitative estimate of drug-likeness (QED) is 0.0463. The molecule has 0 atom stereocenters. The fourth-order valence-electron chi connectivity index (χ4n) is 7.23. The van der Waals surface area contributed by atoms with Crippen molar-refractivity contribution in [3.63, 3.8) is 0 Å². The molecular weight excluding hydrogens is 928 g/mol. The topological polar surface area (TPSA) is 166 Å². The van der Waals surface area contributed by atoms with Crippen LogP contribution < -0.4 is 15.5 Å². The minimum atomic E-state index is -4.50. The molecular formula is C52H62F3N5O9S. The zero-order valence-corrected chi connectivity index (χ0v) is 40.9. The van der Waals surface area contributed by atoms with Crippen LogP contribution in [0.25, 0.3) is 11.3 Å². The van der Waals surface area contributed by atoms with E-state index in [-0.39, 0.29) is 41.2 Å². The summed E-state index contributed by atoms with van der Waals surface area (Å²) in [6.07, 6.45) is -1.29. The maximum Gasteiger partial charge on any atom is 0.416 e. The van der Waals surface area contributed by atoms with Crippen molar-refractivity contribution < 1.29 is 54.9 Å². The zero-order chi connectivity index (χ0) is 50.5. The molecule has 0 aliphatic rings. The number of sulfone groups is 1. The first-order valence-electron chi connectivity index (χ1n) is 23.1. The highest BCUT2D eigenvalue weighted by atomic mass is 32.2. The molecule has 0 unspecified atom stereocenters. The smallest absolute Gasteiger partial charge is 0.379 e. The van der Waals surface area contributed by atoms with E-state index < -0.39 is 27.5 Å². The molecule has 0 saturated carbocycles. The van der Waals surface area contributed by atoms with Crippen molar-refractivity contribution in [1.82, 2.24) is 15.2 Å². The zero-order valence-electron chi connectivity index (χ0n) is 40.1. The van der Waals surface area contributed by atoms with Gasteiger partial charge in [-0.1, -0.05) is 24.3 Å². The summed E-state index contributed by atoms with van der Waals surface area (Å²) in [5, 5.41) is 5.73. The van der Waals surface area contributed by atoms with Crippen LogP contribution in [0.2, 0.25) is 0 Å². The highest BCUT2D eigenvalue weighted by molar-refractivity contribution is 7.91. The van der Waals surface area contributed by atoms with E-state index in [0.29, 0.717) is 92.7 Å². The number of nitrogens with zero attached hydrogens (tertiary/aromatic N) is 3. The molecule has 4 aromatic carbocycles. The third-order valence-corrected chi connectivity index (χ3v) is 12.8. The molecule has 0 fully saturated rings. The van der Waals surface area contributed by atoms with Gasteiger partial charge in [-0.25, -0.2) is 8.42 Å². The second kappa shape index (κ2) is 27.3. The summed E-state index contributed by atoms with van der Waals surface area (Å²) in [6.45, 7) is 8.42. The SMILES string of the molecule is CCN(CC)c1ccc(NC(=O)c2cccc(CCCOCCOCCOCCOCCCS(=O)(=O)c3ccc(C(=O)N(C)C)cc3)c2)c(-c2cc(C(=O)NCc3cccc(C(F)(F)F)c3)ccn2)c1. The van der Waals surface area contributed by atoms with Gasteiger partial charge in [0.05, 0.1) is 67.2 Å². The standard InChI is InChI=1S/C52H62F3N5O9S/c1-5-60(6-2)44-18-21-47(46(36-44)48-35-42(22-23-56-48)49(61)57-37-39-12-8-15-43(34-39)52(53,54)55)58-50(62)41-14-7-11-38(33-41)13-9-24-66-26-28-68-30-31-69-29-27-67-25-10-32-70(64,65)45-19-16-40(17-20-45)51(63)59(3)4/h7-8,11-12,14-23,33-36H,5-6,9-10,13,24-32,37H2,1-4H3,(H,57,61)(H,58,62). The molecule has 1 aromatic heterocycles. The average Bonchev–Trinajstić information content (AvgIpc) is 3.35. The lowest BCUT2D eigenvalue weighted by molar-refractivity contribution is -0.137. The molecule has 0 bridgehead atoms. The number of benzene rings is 4. The Balaban J connectivity index is 1.00. The van der Waals surface area contributed by atoms with Crippen LogP contribution in [-0.2, 0) is 47.9 Å². The molecule has 14 nitrogen and oxygen atoms in total. The van der Waals surface area contributed by atoms with Crippen molar-refractivity contribution >= 4 is 38.9 Å². The third kappa shape index (κ3) is 17.0. The minimum Gasteiger partial charge on any atom is -0.379 e. The lowest BCUT2D eigenvalue weighted by Gasteiger charge is -2.23. The Morgan fingerprint density at radius 1 is 0.657 bits per heavy atom. The Morgan fingerprint density at radius 2 is 1.27 bits per heavy atom. The van der Waals surface area contributed by atoms with Gasteiger partial charge in [0.15, 0.2) is 9.84 Å². The Hall–Kier alpha value is -6.18. The maximum absolute atomic E-state index is 13.7. The summed E-state index contributed by atoms with van der Waals surface area (Å²) in [4.78, 5) is 47.3. The van der Waals surface area contributed by atoms with Crippen molar-refractivity contribution in [3.8, 4) is 11.3 Å². The van der Waals surface area contributed by atoms with Crippen LogP contribution in [0.5, 0.6) is 0 Å². The lowest BCUT2D eigenvalue weighted by atomic mass is 10.0. The Labute approximate surface area is 408 Å². The Bertz CT molecular complexity index is 2590. The van der Waals surface area contributed by atoms with Crippen molar-refractivity contribution in [2.75, 3.05) is 96.0 Å². The second-order valence-electron chi connectivity index (χ2n) is 16.3. The molecule has 0 aliphatic heterocycles. The molecule has 5 rings (SSSR count). The summed E-state index contributed by atoms with van der Waals surface area (Å²) in [7, 11) is -0.224. The van der Waals surface area contributed by atoms with Crippen molar-refractivity contribution in [3.05, 3.63) is 143 Å². The van der Waals surface area contributed by atoms with Gasteiger partial charge in [-0.2, -0.15) is 13.2 Å². The van der Waals surface area contributed by atoms with Gasteiger partial charge in [0, 0.05) is 81.1 Å². The number of alkyl halides is 3. The second-order valence-corrected chi connectivity index (χ2v) is 18.4. The summed E-state index contributed by atoms with van der Waals surface area (Å²) in [6, 6.07) is 26.8. The minimum absolute atomic E-state index is 0.0694. The largest absolute Gasteiger partial charge is 0.416 e. The summed E-state index contributed by atoms with van der Waals surface area (Å²) < 4.78 is 87.4. The summed E-state index contributed by atoms with van der Waals surface area (Å²) >= 11 is 0. The molecule has 0 saturated heterocycles. The monoisotopic (exact) mass is 989 g/mol. The first-order chi connectivity index (χ1) is 33.6. The molecule has 0 aliphatic carbocycles. The van der Waals surface area contributed by atoms with Gasteiger partial charge in [-0.3, -0.25) is 19.4 Å². The molecule has 70 heavy (non-hydrogen) atoms. The number of nitrogens with one attached hydrogen (secondary N) is 2. The number of rotatable bonds is 28. The van der Waals surface area contributed by atoms with Gasteiger partial charge in [-0.15, -0.1) is 0 Å². The molecule has 1 heterocycles. The van der Waals surface area contributed by atoms with E-state index in [0.717, 1.165) is 42.9 Å². The first kappa shape index (κ1) is 54.8. The first-order valence-corrected chi connectivity index (χ1v) is 24.8. The number of halogens is 3. The number of carbonyl (C=O) groups excluding carboxylic acids is 3. The van der Waals surface area contributed by atoms with E-state index in [1.54, 1.807) is 32.3 Å². The number of hydrogen-bond acceptors (Lipinski definition) is 11. The maximum atomic E-state index is 13.7. The van der Waals surface area contributed by atoms with Crippen LogP contribution in [0.3, 0.4) is 0 Å². The van der Waals surface area contributed by atoms with Gasteiger partial charge < -0.3 is 39.4 Å². The molecule has 376 valence electrons. The van der Waals surface area contributed by atoms with Crippen LogP contribution in [0.4, 0.5) is 24.5 Å². The fourth-order valence-corrected chi connectivity index (χ4v) is 8.52. The van der Waals surface area contributed by atoms with Crippen LogP contribution in [-0.4, -0.2) is 122 Å². The van der Waals surface area contributed by atoms with E-state index in [9.17, 15) is 36.0 Å². The van der Waals surface area contributed by atoms with Crippen molar-refractivity contribution in [1.29, 1.82) is 0 Å². The highest BCUT2D eigenvalue weighted by Gasteiger charge is 2.30. The van der Waals surface area contributed by atoms with Crippen LogP contribution in [0.1, 0.15) is 74.5 Å².